The van der Waals surface area contributed by atoms with Gasteiger partial charge in [-0.2, -0.15) is 0 Å². The Bertz CT molecular complexity index is 933. The maximum absolute atomic E-state index is 12.3. The number of ketones is 1. The molecule has 0 N–H and O–H groups in total. The zero-order valence-electron chi connectivity index (χ0n) is 12.5. The van der Waals surface area contributed by atoms with Crippen LogP contribution in [0.2, 0.25) is 0 Å². The van der Waals surface area contributed by atoms with E-state index in [1.807, 2.05) is 0 Å². The van der Waals surface area contributed by atoms with Gasteiger partial charge in [0.25, 0.3) is 0 Å². The summed E-state index contributed by atoms with van der Waals surface area (Å²) in [5.74, 6) is 0.487. The van der Waals surface area contributed by atoms with Crippen LogP contribution in [0, 0.1) is 0 Å². The number of fused-ring (bicyclic) bond motifs is 1. The number of methoxy groups -OCH3 is 1. The van der Waals surface area contributed by atoms with E-state index in [0.717, 1.165) is 0 Å². The van der Waals surface area contributed by atoms with Gasteiger partial charge in [0.1, 0.15) is 17.6 Å². The Labute approximate surface area is 132 Å². The molecule has 0 aliphatic carbocycles. The number of allylic oxidation sites excluding steroid dienone is 1. The molecule has 0 saturated carbocycles. The normalized spacial score (nSPS) is 11.0. The van der Waals surface area contributed by atoms with Gasteiger partial charge in [0, 0.05) is 5.56 Å². The van der Waals surface area contributed by atoms with Gasteiger partial charge >= 0.3 is 0 Å². The van der Waals surface area contributed by atoms with E-state index in [4.69, 9.17) is 9.15 Å². The van der Waals surface area contributed by atoms with Crippen molar-refractivity contribution in [1.82, 2.24) is 0 Å². The molecule has 0 aliphatic heterocycles. The molecule has 0 spiro atoms. The molecule has 0 unspecified atom stereocenters. The average Bonchev–Trinajstić information content (AvgIpc) is 2.61. The van der Waals surface area contributed by atoms with E-state index in [2.05, 4.69) is 0 Å². The van der Waals surface area contributed by atoms with Crippen molar-refractivity contribution >= 4 is 22.8 Å². The van der Waals surface area contributed by atoms with Crippen molar-refractivity contribution < 1.29 is 13.9 Å². The maximum atomic E-state index is 12.3. The van der Waals surface area contributed by atoms with Crippen molar-refractivity contribution in [3.8, 4) is 5.75 Å². The van der Waals surface area contributed by atoms with E-state index in [1.54, 1.807) is 55.6 Å². The van der Waals surface area contributed by atoms with Gasteiger partial charge < -0.3 is 9.15 Å². The van der Waals surface area contributed by atoms with Gasteiger partial charge in [-0.15, -0.1) is 0 Å². The molecule has 1 heterocycles. The van der Waals surface area contributed by atoms with Crippen molar-refractivity contribution in [2.75, 3.05) is 7.11 Å². The van der Waals surface area contributed by atoms with Gasteiger partial charge in [-0.1, -0.05) is 12.1 Å². The number of carbonyl (C=O) groups is 1. The molecule has 0 radical (unpaired) electrons. The quantitative estimate of drug-likeness (QED) is 0.545. The van der Waals surface area contributed by atoms with E-state index in [-0.39, 0.29) is 11.2 Å². The highest BCUT2D eigenvalue weighted by Crippen LogP contribution is 2.14. The topological polar surface area (TPSA) is 56.5 Å². The molecule has 4 heteroatoms. The molecule has 0 amide bonds. The highest BCUT2D eigenvalue weighted by molar-refractivity contribution is 6.06. The molecular formula is C19H14O4. The van der Waals surface area contributed by atoms with E-state index in [0.29, 0.717) is 27.8 Å². The first-order chi connectivity index (χ1) is 11.2. The minimum atomic E-state index is -0.194. The fourth-order valence-electron chi connectivity index (χ4n) is 2.22. The molecule has 3 rings (SSSR count). The number of hydrogen-bond donors (Lipinski definition) is 0. The number of carbonyl (C=O) groups excluding carboxylic acids is 1. The van der Waals surface area contributed by atoms with Crippen LogP contribution in [0.4, 0.5) is 0 Å². The third-order valence-electron chi connectivity index (χ3n) is 3.50. The average molecular weight is 306 g/mol. The Morgan fingerprint density at radius 2 is 1.83 bits per heavy atom. The lowest BCUT2D eigenvalue weighted by Gasteiger charge is -2.00. The third kappa shape index (κ3) is 3.06. The Balaban J connectivity index is 1.88. The smallest absolute Gasteiger partial charge is 0.199 e. The number of benzene rings is 2. The van der Waals surface area contributed by atoms with Crippen LogP contribution in [0.1, 0.15) is 15.9 Å². The fourth-order valence-corrected chi connectivity index (χ4v) is 2.22. The standard InChI is InChI=1S/C19H14O4/c1-22-15-9-6-13(7-10-15)17(20)11-8-14-12-23-18-5-3-2-4-16(18)19(14)21/h2-12H,1H3/b11-8+. The number of rotatable bonds is 4. The van der Waals surface area contributed by atoms with Gasteiger partial charge in [-0.3, -0.25) is 9.59 Å². The molecule has 4 nitrogen and oxygen atoms in total. The molecule has 0 atom stereocenters. The molecule has 2 aromatic carbocycles. The third-order valence-corrected chi connectivity index (χ3v) is 3.50. The predicted octanol–water partition coefficient (Wildman–Crippen LogP) is 3.70. The van der Waals surface area contributed by atoms with Crippen LogP contribution < -0.4 is 10.2 Å². The Hall–Kier alpha value is -3.14. The molecule has 0 bridgehead atoms. The second kappa shape index (κ2) is 6.32. The van der Waals surface area contributed by atoms with E-state index >= 15 is 0 Å². The second-order valence-electron chi connectivity index (χ2n) is 4.94. The molecule has 114 valence electrons. The molecule has 3 aromatic rings. The number of hydrogen-bond acceptors (Lipinski definition) is 4. The van der Waals surface area contributed by atoms with Crippen molar-refractivity contribution in [1.29, 1.82) is 0 Å². The summed E-state index contributed by atoms with van der Waals surface area (Å²) in [6.07, 6.45) is 4.20. The first-order valence-corrected chi connectivity index (χ1v) is 7.06. The van der Waals surface area contributed by atoms with Gasteiger partial charge in [0.2, 0.25) is 0 Å². The molecule has 0 aliphatic rings. The highest BCUT2D eigenvalue weighted by Gasteiger charge is 2.06. The lowest BCUT2D eigenvalue weighted by Crippen LogP contribution is -2.05. The Morgan fingerprint density at radius 3 is 2.57 bits per heavy atom. The second-order valence-corrected chi connectivity index (χ2v) is 4.94. The van der Waals surface area contributed by atoms with Crippen molar-refractivity contribution in [3.05, 3.63) is 82.2 Å². The Morgan fingerprint density at radius 1 is 1.09 bits per heavy atom. The SMILES string of the molecule is COc1ccc(C(=O)/C=C/c2coc3ccccc3c2=O)cc1. The predicted molar refractivity (Wildman–Crippen MR) is 88.8 cm³/mol. The van der Waals surface area contributed by atoms with Gasteiger partial charge in [0.05, 0.1) is 18.1 Å². The lowest BCUT2D eigenvalue weighted by atomic mass is 10.1. The lowest BCUT2D eigenvalue weighted by molar-refractivity contribution is 0.104. The van der Waals surface area contributed by atoms with Crippen LogP contribution in [0.25, 0.3) is 17.0 Å². The van der Waals surface area contributed by atoms with Gasteiger partial charge in [-0.25, -0.2) is 0 Å². The summed E-state index contributed by atoms with van der Waals surface area (Å²) in [6.45, 7) is 0. The maximum Gasteiger partial charge on any atom is 0.199 e. The molecule has 0 saturated heterocycles. The summed E-state index contributed by atoms with van der Waals surface area (Å²) in [4.78, 5) is 24.5. The van der Waals surface area contributed by atoms with Crippen LogP contribution in [0.3, 0.4) is 0 Å². The van der Waals surface area contributed by atoms with Crippen LogP contribution in [0.5, 0.6) is 5.75 Å². The molecule has 23 heavy (non-hydrogen) atoms. The summed E-state index contributed by atoms with van der Waals surface area (Å²) < 4.78 is 10.5. The van der Waals surface area contributed by atoms with Crippen LogP contribution in [-0.4, -0.2) is 12.9 Å². The first-order valence-electron chi connectivity index (χ1n) is 7.06. The van der Waals surface area contributed by atoms with E-state index < -0.39 is 0 Å². The Kier molecular flexibility index (Phi) is 4.06. The summed E-state index contributed by atoms with van der Waals surface area (Å²) >= 11 is 0. The zero-order chi connectivity index (χ0) is 16.2. The first kappa shape index (κ1) is 14.8. The molecular weight excluding hydrogens is 292 g/mol. The molecule has 1 aromatic heterocycles. The van der Waals surface area contributed by atoms with Crippen LogP contribution in [-0.2, 0) is 0 Å². The van der Waals surface area contributed by atoms with E-state index in [1.165, 1.54) is 18.4 Å². The van der Waals surface area contributed by atoms with Crippen molar-refractivity contribution in [2.45, 2.75) is 0 Å². The minimum absolute atomic E-state index is 0.161. The van der Waals surface area contributed by atoms with Crippen molar-refractivity contribution in [2.24, 2.45) is 0 Å². The zero-order valence-corrected chi connectivity index (χ0v) is 12.5. The van der Waals surface area contributed by atoms with Crippen molar-refractivity contribution in [3.63, 3.8) is 0 Å². The van der Waals surface area contributed by atoms with Crippen LogP contribution in [0.15, 0.2) is 70.1 Å². The van der Waals surface area contributed by atoms with Crippen LogP contribution >= 0.6 is 0 Å². The molecule has 0 fully saturated rings. The van der Waals surface area contributed by atoms with E-state index in [9.17, 15) is 9.59 Å². The summed E-state index contributed by atoms with van der Waals surface area (Å²) in [6, 6.07) is 13.8. The van der Waals surface area contributed by atoms with Gasteiger partial charge in [-0.05, 0) is 48.6 Å². The monoisotopic (exact) mass is 306 g/mol. The number of para-hydroxylation sites is 1. The van der Waals surface area contributed by atoms with Gasteiger partial charge in [0.15, 0.2) is 11.2 Å². The summed E-state index contributed by atoms with van der Waals surface area (Å²) in [5, 5.41) is 0.492. The highest BCUT2D eigenvalue weighted by atomic mass is 16.5. The summed E-state index contributed by atoms with van der Waals surface area (Å²) in [5.41, 5.74) is 1.22. The number of ether oxygens (including phenoxy) is 1. The largest absolute Gasteiger partial charge is 0.497 e. The minimum Gasteiger partial charge on any atom is -0.497 e. The summed E-state index contributed by atoms with van der Waals surface area (Å²) in [7, 11) is 1.57. The fraction of sp³-hybridized carbons (Fsp3) is 0.0526.